The number of likely N-dealkylation sites (N-methyl/N-ethyl adjacent to an activating group) is 1. The minimum Gasteiger partial charge on any atom is -0.342 e. The molecule has 0 bridgehead atoms. The molecule has 0 aliphatic rings. The van der Waals surface area contributed by atoms with Crippen LogP contribution in [0.5, 0.6) is 0 Å². The lowest BCUT2D eigenvalue weighted by atomic mass is 10.1. The fourth-order valence-corrected chi connectivity index (χ4v) is 1.66. The second-order valence-electron chi connectivity index (χ2n) is 4.77. The van der Waals surface area contributed by atoms with E-state index in [0.717, 1.165) is 0 Å². The van der Waals surface area contributed by atoms with Gasteiger partial charge < -0.3 is 10.2 Å². The average molecular weight is 310 g/mol. The standard InChI is InChI=1S/C13H15F5N2O/c1-20(2)8-10(9-6-4-3-5-7-9)19-11(21)12(14,15)13(16,17)18/h3-7,10H,8H2,1-2H3,(H,19,21). The highest BCUT2D eigenvalue weighted by atomic mass is 19.4. The van der Waals surface area contributed by atoms with Crippen LogP contribution in [0.2, 0.25) is 0 Å². The van der Waals surface area contributed by atoms with Gasteiger partial charge in [-0.2, -0.15) is 22.0 Å². The number of hydrogen-bond donors (Lipinski definition) is 1. The molecule has 1 N–H and O–H groups in total. The maximum atomic E-state index is 13.0. The van der Waals surface area contributed by atoms with E-state index in [1.165, 1.54) is 0 Å². The molecule has 0 saturated heterocycles. The SMILES string of the molecule is CN(C)CC(NC(=O)C(F)(F)C(F)(F)F)c1ccccc1. The Balaban J connectivity index is 2.95. The predicted molar refractivity (Wildman–Crippen MR) is 66.9 cm³/mol. The van der Waals surface area contributed by atoms with E-state index in [1.807, 2.05) is 0 Å². The summed E-state index contributed by atoms with van der Waals surface area (Å²) in [7, 11) is 3.23. The van der Waals surface area contributed by atoms with E-state index in [1.54, 1.807) is 54.6 Å². The van der Waals surface area contributed by atoms with Gasteiger partial charge in [-0.15, -0.1) is 0 Å². The summed E-state index contributed by atoms with van der Waals surface area (Å²) in [5.74, 6) is -7.78. The molecule has 118 valence electrons. The quantitative estimate of drug-likeness (QED) is 0.848. The van der Waals surface area contributed by atoms with Gasteiger partial charge in [-0.25, -0.2) is 0 Å². The zero-order chi connectivity index (χ0) is 16.3. The minimum absolute atomic E-state index is 0.0870. The van der Waals surface area contributed by atoms with E-state index in [0.29, 0.717) is 5.56 Å². The molecule has 0 radical (unpaired) electrons. The van der Waals surface area contributed by atoms with Crippen molar-refractivity contribution in [2.24, 2.45) is 0 Å². The van der Waals surface area contributed by atoms with E-state index in [-0.39, 0.29) is 6.54 Å². The Labute approximate surface area is 118 Å². The Morgan fingerprint density at radius 2 is 1.67 bits per heavy atom. The topological polar surface area (TPSA) is 32.3 Å². The first kappa shape index (κ1) is 17.4. The van der Waals surface area contributed by atoms with Crippen molar-refractivity contribution < 1.29 is 26.7 Å². The highest BCUT2D eigenvalue weighted by Gasteiger charge is 2.63. The summed E-state index contributed by atoms with van der Waals surface area (Å²) in [6.45, 7) is 0.0870. The van der Waals surface area contributed by atoms with Crippen LogP contribution < -0.4 is 5.32 Å². The van der Waals surface area contributed by atoms with Crippen LogP contribution in [0.3, 0.4) is 0 Å². The highest BCUT2D eigenvalue weighted by Crippen LogP contribution is 2.36. The maximum absolute atomic E-state index is 13.0. The van der Waals surface area contributed by atoms with E-state index in [4.69, 9.17) is 0 Å². The van der Waals surface area contributed by atoms with Gasteiger partial charge in [-0.1, -0.05) is 30.3 Å². The van der Waals surface area contributed by atoms with Gasteiger partial charge in [-0.3, -0.25) is 4.79 Å². The number of nitrogens with one attached hydrogen (secondary N) is 1. The van der Waals surface area contributed by atoms with Crippen molar-refractivity contribution in [1.82, 2.24) is 10.2 Å². The second kappa shape index (κ2) is 6.38. The molecule has 0 aliphatic carbocycles. The van der Waals surface area contributed by atoms with Crippen LogP contribution in [0.25, 0.3) is 0 Å². The average Bonchev–Trinajstić information content (AvgIpc) is 2.37. The Morgan fingerprint density at radius 1 is 1.14 bits per heavy atom. The number of benzene rings is 1. The molecule has 1 amide bonds. The smallest absolute Gasteiger partial charge is 0.342 e. The van der Waals surface area contributed by atoms with Crippen molar-refractivity contribution in [1.29, 1.82) is 0 Å². The Kier molecular flexibility index (Phi) is 5.27. The number of halogens is 5. The van der Waals surface area contributed by atoms with Crippen LogP contribution in [0.15, 0.2) is 30.3 Å². The van der Waals surface area contributed by atoms with Crippen LogP contribution in [-0.2, 0) is 4.79 Å². The van der Waals surface area contributed by atoms with E-state index in [9.17, 15) is 26.7 Å². The summed E-state index contributed by atoms with van der Waals surface area (Å²) in [5, 5.41) is 1.76. The highest BCUT2D eigenvalue weighted by molar-refractivity contribution is 5.84. The van der Waals surface area contributed by atoms with Crippen LogP contribution in [0.1, 0.15) is 11.6 Å². The molecule has 0 fully saturated rings. The fraction of sp³-hybridized carbons (Fsp3) is 0.462. The largest absolute Gasteiger partial charge is 0.463 e. The normalized spacial score (nSPS) is 14.1. The number of amides is 1. The van der Waals surface area contributed by atoms with Gasteiger partial charge in [0, 0.05) is 6.54 Å². The zero-order valence-corrected chi connectivity index (χ0v) is 11.4. The summed E-state index contributed by atoms with van der Waals surface area (Å²) in [6.07, 6.45) is -5.92. The van der Waals surface area contributed by atoms with Crippen molar-refractivity contribution >= 4 is 5.91 Å². The summed E-state index contributed by atoms with van der Waals surface area (Å²) < 4.78 is 62.5. The van der Waals surface area contributed by atoms with Gasteiger partial charge in [0.25, 0.3) is 0 Å². The van der Waals surface area contributed by atoms with Crippen molar-refractivity contribution in [3.63, 3.8) is 0 Å². The Bertz CT molecular complexity index is 473. The summed E-state index contributed by atoms with van der Waals surface area (Å²) in [5.41, 5.74) is 0.442. The van der Waals surface area contributed by atoms with Crippen LogP contribution in [0, 0.1) is 0 Å². The number of alkyl halides is 5. The molecule has 1 unspecified atom stereocenters. The molecule has 1 rings (SSSR count). The number of rotatable bonds is 5. The molecule has 3 nitrogen and oxygen atoms in total. The van der Waals surface area contributed by atoms with Crippen molar-refractivity contribution in [3.8, 4) is 0 Å². The van der Waals surface area contributed by atoms with Gasteiger partial charge in [-0.05, 0) is 19.7 Å². The second-order valence-corrected chi connectivity index (χ2v) is 4.77. The fourth-order valence-electron chi connectivity index (χ4n) is 1.66. The summed E-state index contributed by atoms with van der Waals surface area (Å²) in [4.78, 5) is 12.9. The molecule has 0 aromatic heterocycles. The van der Waals surface area contributed by atoms with E-state index in [2.05, 4.69) is 0 Å². The maximum Gasteiger partial charge on any atom is 0.463 e. The molecule has 0 heterocycles. The number of carbonyl (C=O) groups is 1. The third kappa shape index (κ3) is 4.38. The van der Waals surface area contributed by atoms with Crippen LogP contribution in [-0.4, -0.2) is 43.5 Å². The van der Waals surface area contributed by atoms with Gasteiger partial charge in [0.1, 0.15) is 0 Å². The van der Waals surface area contributed by atoms with Gasteiger partial charge in [0.2, 0.25) is 0 Å². The molecule has 0 spiro atoms. The van der Waals surface area contributed by atoms with Crippen LogP contribution in [0.4, 0.5) is 22.0 Å². The first-order chi connectivity index (χ1) is 9.55. The van der Waals surface area contributed by atoms with E-state index < -0.39 is 24.0 Å². The molecule has 8 heteroatoms. The molecular formula is C13H15F5N2O. The Hall–Kier alpha value is -1.70. The van der Waals surface area contributed by atoms with E-state index >= 15 is 0 Å². The van der Waals surface area contributed by atoms with Crippen molar-refractivity contribution in [3.05, 3.63) is 35.9 Å². The third-order valence-corrected chi connectivity index (χ3v) is 2.70. The number of hydrogen-bond acceptors (Lipinski definition) is 2. The first-order valence-corrected chi connectivity index (χ1v) is 6.01. The summed E-state index contributed by atoms with van der Waals surface area (Å²) in [6, 6.07) is 6.99. The minimum atomic E-state index is -5.92. The van der Waals surface area contributed by atoms with Gasteiger partial charge in [0.15, 0.2) is 0 Å². The predicted octanol–water partition coefficient (Wildman–Crippen LogP) is 2.60. The molecule has 1 aromatic rings. The Morgan fingerprint density at radius 3 is 2.10 bits per heavy atom. The molecule has 1 aromatic carbocycles. The molecular weight excluding hydrogens is 295 g/mol. The lowest BCUT2D eigenvalue weighted by Gasteiger charge is -2.26. The first-order valence-electron chi connectivity index (χ1n) is 6.01. The molecule has 0 saturated carbocycles. The molecule has 21 heavy (non-hydrogen) atoms. The zero-order valence-electron chi connectivity index (χ0n) is 11.4. The van der Waals surface area contributed by atoms with Crippen molar-refractivity contribution in [2.75, 3.05) is 20.6 Å². The van der Waals surface area contributed by atoms with Gasteiger partial charge >= 0.3 is 18.0 Å². The molecule has 0 aliphatic heterocycles. The van der Waals surface area contributed by atoms with Crippen LogP contribution >= 0.6 is 0 Å². The number of carbonyl (C=O) groups excluding carboxylic acids is 1. The van der Waals surface area contributed by atoms with Crippen molar-refractivity contribution in [2.45, 2.75) is 18.1 Å². The lowest BCUT2D eigenvalue weighted by Crippen LogP contribution is -2.52. The lowest BCUT2D eigenvalue weighted by molar-refractivity contribution is -0.270. The molecule has 1 atom stereocenters. The third-order valence-electron chi connectivity index (χ3n) is 2.70. The number of nitrogens with zero attached hydrogens (tertiary/aromatic N) is 1. The monoisotopic (exact) mass is 310 g/mol. The summed E-state index contributed by atoms with van der Waals surface area (Å²) >= 11 is 0. The van der Waals surface area contributed by atoms with Gasteiger partial charge in [0.05, 0.1) is 6.04 Å².